The van der Waals surface area contributed by atoms with Crippen molar-refractivity contribution in [3.05, 3.63) is 53.4 Å². The first-order valence-electron chi connectivity index (χ1n) is 5.33. The monoisotopic (exact) mass is 237 g/mol. The van der Waals surface area contributed by atoms with Gasteiger partial charge >= 0.3 is 0 Å². The average molecular weight is 237 g/mol. The van der Waals surface area contributed by atoms with Gasteiger partial charge in [-0.25, -0.2) is 8.78 Å². The number of nitrogens with one attached hydrogen (secondary N) is 2. The smallest absolute Gasteiger partial charge is 0.128 e. The van der Waals surface area contributed by atoms with Crippen LogP contribution >= 0.6 is 0 Å². The molecule has 2 rings (SSSR count). The number of benzene rings is 1. The normalized spacial score (nSPS) is 12.6. The van der Waals surface area contributed by atoms with E-state index in [1.54, 1.807) is 13.1 Å². The summed E-state index contributed by atoms with van der Waals surface area (Å²) in [5, 5.41) is 9.69. The van der Waals surface area contributed by atoms with Gasteiger partial charge in [-0.05, 0) is 31.2 Å². The minimum Gasteiger partial charge on any atom is -0.304 e. The summed E-state index contributed by atoms with van der Waals surface area (Å²) in [6.07, 6.45) is 1.64. The van der Waals surface area contributed by atoms with Gasteiger partial charge in [-0.3, -0.25) is 5.10 Å². The standard InChI is InChI=1S/C12H13F2N3/c1-8(15-7-10-4-5-16-17-10)11-6-9(13)2-3-12(11)14/h2-6,8,15H,7H2,1H3,(H,16,17). The number of hydrogen-bond acceptors (Lipinski definition) is 2. The van der Waals surface area contributed by atoms with Gasteiger partial charge in [0.1, 0.15) is 11.6 Å². The van der Waals surface area contributed by atoms with Crippen LogP contribution in [0, 0.1) is 11.6 Å². The van der Waals surface area contributed by atoms with Crippen molar-refractivity contribution in [1.82, 2.24) is 15.5 Å². The van der Waals surface area contributed by atoms with Crippen molar-refractivity contribution in [1.29, 1.82) is 0 Å². The SMILES string of the molecule is CC(NCc1ccn[nH]1)c1cc(F)ccc1F. The molecule has 5 heteroatoms. The second kappa shape index (κ2) is 5.05. The molecule has 3 nitrogen and oxygen atoms in total. The Hall–Kier alpha value is -1.75. The van der Waals surface area contributed by atoms with Crippen molar-refractivity contribution in [3.8, 4) is 0 Å². The van der Waals surface area contributed by atoms with E-state index in [4.69, 9.17) is 0 Å². The van der Waals surface area contributed by atoms with Gasteiger partial charge in [0.15, 0.2) is 0 Å². The highest BCUT2D eigenvalue weighted by atomic mass is 19.1. The van der Waals surface area contributed by atoms with Crippen LogP contribution in [0.5, 0.6) is 0 Å². The van der Waals surface area contributed by atoms with Crippen LogP contribution in [0.4, 0.5) is 8.78 Å². The molecule has 0 saturated heterocycles. The Morgan fingerprint density at radius 2 is 2.18 bits per heavy atom. The highest BCUT2D eigenvalue weighted by molar-refractivity contribution is 5.21. The maximum Gasteiger partial charge on any atom is 0.128 e. The molecule has 1 unspecified atom stereocenters. The van der Waals surface area contributed by atoms with Crippen molar-refractivity contribution in [2.75, 3.05) is 0 Å². The van der Waals surface area contributed by atoms with E-state index in [2.05, 4.69) is 15.5 Å². The van der Waals surface area contributed by atoms with Gasteiger partial charge < -0.3 is 5.32 Å². The van der Waals surface area contributed by atoms with Crippen molar-refractivity contribution in [3.63, 3.8) is 0 Å². The highest BCUT2D eigenvalue weighted by Crippen LogP contribution is 2.18. The molecule has 1 aromatic carbocycles. The predicted molar refractivity (Wildman–Crippen MR) is 60.2 cm³/mol. The number of nitrogens with zero attached hydrogens (tertiary/aromatic N) is 1. The summed E-state index contributed by atoms with van der Waals surface area (Å²) in [7, 11) is 0. The maximum absolute atomic E-state index is 13.5. The topological polar surface area (TPSA) is 40.7 Å². The van der Waals surface area contributed by atoms with Gasteiger partial charge in [0.2, 0.25) is 0 Å². The van der Waals surface area contributed by atoms with Crippen LogP contribution < -0.4 is 5.32 Å². The molecule has 0 radical (unpaired) electrons. The lowest BCUT2D eigenvalue weighted by molar-refractivity contribution is 0.515. The molecule has 0 bridgehead atoms. The van der Waals surface area contributed by atoms with Crippen molar-refractivity contribution < 1.29 is 8.78 Å². The first-order chi connectivity index (χ1) is 8.16. The van der Waals surface area contributed by atoms with Gasteiger partial charge in [0.05, 0.1) is 0 Å². The number of aromatic amines is 1. The number of rotatable bonds is 4. The molecular weight excluding hydrogens is 224 g/mol. The van der Waals surface area contributed by atoms with E-state index < -0.39 is 11.6 Å². The molecule has 2 aromatic rings. The molecule has 2 N–H and O–H groups in total. The van der Waals surface area contributed by atoms with Crippen LogP contribution in [0.15, 0.2) is 30.5 Å². The van der Waals surface area contributed by atoms with E-state index in [0.29, 0.717) is 12.1 Å². The zero-order valence-electron chi connectivity index (χ0n) is 9.37. The third kappa shape index (κ3) is 2.88. The zero-order valence-corrected chi connectivity index (χ0v) is 9.37. The second-order valence-corrected chi connectivity index (χ2v) is 3.85. The summed E-state index contributed by atoms with van der Waals surface area (Å²) < 4.78 is 26.5. The van der Waals surface area contributed by atoms with E-state index in [1.165, 1.54) is 6.07 Å². The van der Waals surface area contributed by atoms with Crippen molar-refractivity contribution >= 4 is 0 Å². The van der Waals surface area contributed by atoms with E-state index in [9.17, 15) is 8.78 Å². The summed E-state index contributed by atoms with van der Waals surface area (Å²) in [5.74, 6) is -0.840. The number of hydrogen-bond donors (Lipinski definition) is 2. The fourth-order valence-corrected chi connectivity index (χ4v) is 1.60. The Labute approximate surface area is 97.9 Å². The van der Waals surface area contributed by atoms with Crippen LogP contribution in [0.1, 0.15) is 24.2 Å². The Morgan fingerprint density at radius 1 is 1.35 bits per heavy atom. The minimum absolute atomic E-state index is 0.269. The van der Waals surface area contributed by atoms with Crippen molar-refractivity contribution in [2.24, 2.45) is 0 Å². The molecule has 1 aromatic heterocycles. The summed E-state index contributed by atoms with van der Waals surface area (Å²) >= 11 is 0. The van der Waals surface area contributed by atoms with E-state index >= 15 is 0 Å². The number of H-pyrrole nitrogens is 1. The van der Waals surface area contributed by atoms with Gasteiger partial charge in [0, 0.05) is 30.0 Å². The summed E-state index contributed by atoms with van der Waals surface area (Å²) in [6.45, 7) is 2.31. The lowest BCUT2D eigenvalue weighted by atomic mass is 10.1. The molecule has 0 amide bonds. The molecular formula is C12H13F2N3. The molecule has 0 aliphatic rings. The molecule has 1 heterocycles. The predicted octanol–water partition coefficient (Wildman–Crippen LogP) is 2.54. The molecule has 0 spiro atoms. The Bertz CT molecular complexity index is 483. The molecule has 0 fully saturated rings. The number of aromatic nitrogens is 2. The van der Waals surface area contributed by atoms with Gasteiger partial charge in [-0.2, -0.15) is 5.10 Å². The third-order valence-electron chi connectivity index (χ3n) is 2.58. The first kappa shape index (κ1) is 11.7. The fourth-order valence-electron chi connectivity index (χ4n) is 1.60. The summed E-state index contributed by atoms with van der Waals surface area (Å²) in [6, 6.07) is 5.01. The number of halogens is 2. The molecule has 17 heavy (non-hydrogen) atoms. The largest absolute Gasteiger partial charge is 0.304 e. The Balaban J connectivity index is 2.04. The van der Waals surface area contributed by atoms with Crippen molar-refractivity contribution in [2.45, 2.75) is 19.5 Å². The maximum atomic E-state index is 13.5. The molecule has 90 valence electrons. The van der Waals surface area contributed by atoms with E-state index in [0.717, 1.165) is 17.8 Å². The zero-order chi connectivity index (χ0) is 12.3. The Kier molecular flexibility index (Phi) is 3.49. The lowest BCUT2D eigenvalue weighted by Gasteiger charge is -2.14. The first-order valence-corrected chi connectivity index (χ1v) is 5.33. The third-order valence-corrected chi connectivity index (χ3v) is 2.58. The summed E-state index contributed by atoms with van der Waals surface area (Å²) in [4.78, 5) is 0. The highest BCUT2D eigenvalue weighted by Gasteiger charge is 2.11. The molecule has 0 aliphatic heterocycles. The molecule has 0 saturated carbocycles. The Morgan fingerprint density at radius 3 is 2.88 bits per heavy atom. The van der Waals surface area contributed by atoms with Gasteiger partial charge in [0.25, 0.3) is 0 Å². The molecule has 0 aliphatic carbocycles. The van der Waals surface area contributed by atoms with Crippen LogP contribution in [-0.2, 0) is 6.54 Å². The quantitative estimate of drug-likeness (QED) is 0.857. The lowest BCUT2D eigenvalue weighted by Crippen LogP contribution is -2.19. The summed E-state index contributed by atoms with van der Waals surface area (Å²) in [5.41, 5.74) is 1.22. The van der Waals surface area contributed by atoms with Crippen LogP contribution in [-0.4, -0.2) is 10.2 Å². The molecule has 1 atom stereocenters. The van der Waals surface area contributed by atoms with Crippen LogP contribution in [0.25, 0.3) is 0 Å². The van der Waals surface area contributed by atoms with Crippen LogP contribution in [0.3, 0.4) is 0 Å². The van der Waals surface area contributed by atoms with Gasteiger partial charge in [-0.15, -0.1) is 0 Å². The van der Waals surface area contributed by atoms with Gasteiger partial charge in [-0.1, -0.05) is 0 Å². The van der Waals surface area contributed by atoms with Crippen LogP contribution in [0.2, 0.25) is 0 Å². The fraction of sp³-hybridized carbons (Fsp3) is 0.250. The second-order valence-electron chi connectivity index (χ2n) is 3.85. The van der Waals surface area contributed by atoms with E-state index in [-0.39, 0.29) is 6.04 Å². The average Bonchev–Trinajstić information content (AvgIpc) is 2.82. The van der Waals surface area contributed by atoms with E-state index in [1.807, 2.05) is 6.07 Å². The minimum atomic E-state index is -0.434.